The highest BCUT2D eigenvalue weighted by Gasteiger charge is 2.28. The molecule has 2 heterocycles. The number of imide groups is 1. The molecular formula is C21H31N5O3S2. The molecule has 3 N–H and O–H groups in total. The van der Waals surface area contributed by atoms with Gasteiger partial charge in [0.15, 0.2) is 5.16 Å². The van der Waals surface area contributed by atoms with E-state index in [0.717, 1.165) is 54.4 Å². The van der Waals surface area contributed by atoms with E-state index in [1.54, 1.807) is 15.9 Å². The number of hydrogen-bond donors (Lipinski definition) is 2. The molecule has 10 heteroatoms. The van der Waals surface area contributed by atoms with Gasteiger partial charge in [-0.1, -0.05) is 25.6 Å². The van der Waals surface area contributed by atoms with Gasteiger partial charge in [0, 0.05) is 11.4 Å². The van der Waals surface area contributed by atoms with Crippen LogP contribution in [0.25, 0.3) is 10.2 Å². The van der Waals surface area contributed by atoms with E-state index in [-0.39, 0.29) is 11.5 Å². The van der Waals surface area contributed by atoms with E-state index in [0.29, 0.717) is 11.7 Å². The molecule has 8 nitrogen and oxygen atoms in total. The Morgan fingerprint density at radius 2 is 2.00 bits per heavy atom. The van der Waals surface area contributed by atoms with Crippen LogP contribution in [0.2, 0.25) is 0 Å². The van der Waals surface area contributed by atoms with Crippen molar-refractivity contribution in [3.63, 3.8) is 0 Å². The Morgan fingerprint density at radius 3 is 2.65 bits per heavy atom. The largest absolute Gasteiger partial charge is 0.351 e. The third-order valence-electron chi connectivity index (χ3n) is 5.37. The number of carbonyl (C=O) groups excluding carboxylic acids is 2. The van der Waals surface area contributed by atoms with Crippen LogP contribution in [0.15, 0.2) is 9.95 Å². The maximum atomic E-state index is 13.6. The summed E-state index contributed by atoms with van der Waals surface area (Å²) < 4.78 is 1.71. The molecule has 0 radical (unpaired) electrons. The van der Waals surface area contributed by atoms with Crippen LogP contribution in [0.4, 0.5) is 4.79 Å². The molecule has 1 atom stereocenters. The SMILES string of the molecule is CC(C)C(Sc1nc2sc3c(c2c(=O)n1CCCN(C)C)CCCC3)C(=O)NC(N)=O. The molecule has 0 saturated heterocycles. The molecule has 31 heavy (non-hydrogen) atoms. The van der Waals surface area contributed by atoms with E-state index in [9.17, 15) is 14.4 Å². The van der Waals surface area contributed by atoms with Crippen molar-refractivity contribution in [1.82, 2.24) is 19.8 Å². The fraction of sp³-hybridized carbons (Fsp3) is 0.619. The van der Waals surface area contributed by atoms with Crippen molar-refractivity contribution in [3.05, 3.63) is 20.8 Å². The Morgan fingerprint density at radius 1 is 1.29 bits per heavy atom. The molecular weight excluding hydrogens is 434 g/mol. The minimum Gasteiger partial charge on any atom is -0.351 e. The zero-order chi connectivity index (χ0) is 22.7. The number of nitrogens with zero attached hydrogens (tertiary/aromatic N) is 3. The Bertz CT molecular complexity index is 1030. The first kappa shape index (κ1) is 23.7. The van der Waals surface area contributed by atoms with Crippen molar-refractivity contribution < 1.29 is 9.59 Å². The van der Waals surface area contributed by atoms with E-state index < -0.39 is 17.2 Å². The molecule has 3 amide bonds. The molecule has 0 aromatic carbocycles. The van der Waals surface area contributed by atoms with Gasteiger partial charge in [-0.05, 0) is 64.2 Å². The van der Waals surface area contributed by atoms with Crippen LogP contribution in [0.3, 0.4) is 0 Å². The maximum absolute atomic E-state index is 13.6. The molecule has 0 bridgehead atoms. The number of nitrogens with one attached hydrogen (secondary N) is 1. The molecule has 0 aliphatic heterocycles. The van der Waals surface area contributed by atoms with Gasteiger partial charge >= 0.3 is 6.03 Å². The number of fused-ring (bicyclic) bond motifs is 3. The Balaban J connectivity index is 2.05. The summed E-state index contributed by atoms with van der Waals surface area (Å²) in [5.74, 6) is -0.545. The second kappa shape index (κ2) is 10.1. The van der Waals surface area contributed by atoms with Gasteiger partial charge in [-0.2, -0.15) is 0 Å². The summed E-state index contributed by atoms with van der Waals surface area (Å²) in [5.41, 5.74) is 6.29. The topological polar surface area (TPSA) is 110 Å². The van der Waals surface area contributed by atoms with Gasteiger partial charge in [0.2, 0.25) is 5.91 Å². The van der Waals surface area contributed by atoms with Crippen LogP contribution in [-0.2, 0) is 24.2 Å². The van der Waals surface area contributed by atoms with Crippen molar-refractivity contribution >= 4 is 45.3 Å². The first-order chi connectivity index (χ1) is 14.7. The van der Waals surface area contributed by atoms with Crippen LogP contribution in [0.5, 0.6) is 0 Å². The average Bonchev–Trinajstić information content (AvgIpc) is 3.05. The zero-order valence-corrected chi connectivity index (χ0v) is 20.2. The fourth-order valence-corrected chi connectivity index (χ4v) is 6.27. The van der Waals surface area contributed by atoms with Crippen molar-refractivity contribution in [2.45, 2.75) is 62.9 Å². The van der Waals surface area contributed by atoms with E-state index in [1.807, 2.05) is 27.9 Å². The summed E-state index contributed by atoms with van der Waals surface area (Å²) in [6.45, 7) is 5.16. The van der Waals surface area contributed by atoms with Gasteiger partial charge in [-0.15, -0.1) is 11.3 Å². The number of carbonyl (C=O) groups is 2. The van der Waals surface area contributed by atoms with Crippen molar-refractivity contribution in [2.24, 2.45) is 11.7 Å². The van der Waals surface area contributed by atoms with E-state index >= 15 is 0 Å². The highest BCUT2D eigenvalue weighted by atomic mass is 32.2. The fourth-order valence-electron chi connectivity index (χ4n) is 3.85. The Hall–Kier alpha value is -1.91. The lowest BCUT2D eigenvalue weighted by Gasteiger charge is -2.21. The molecule has 3 rings (SSSR count). The van der Waals surface area contributed by atoms with Crippen molar-refractivity contribution in [3.8, 4) is 0 Å². The van der Waals surface area contributed by atoms with Crippen molar-refractivity contribution in [2.75, 3.05) is 20.6 Å². The molecule has 170 valence electrons. The number of thioether (sulfide) groups is 1. The van der Waals surface area contributed by atoms with Crippen LogP contribution >= 0.6 is 23.1 Å². The molecule has 2 aromatic rings. The molecule has 0 fully saturated rings. The summed E-state index contributed by atoms with van der Waals surface area (Å²) in [4.78, 5) is 46.3. The van der Waals surface area contributed by atoms with Crippen LogP contribution in [-0.4, -0.2) is 52.3 Å². The normalized spacial score (nSPS) is 14.8. The summed E-state index contributed by atoms with van der Waals surface area (Å²) in [5, 5.41) is 2.85. The second-order valence-corrected chi connectivity index (χ2v) is 10.7. The van der Waals surface area contributed by atoms with Gasteiger partial charge in [0.1, 0.15) is 4.83 Å². The van der Waals surface area contributed by atoms with Crippen molar-refractivity contribution in [1.29, 1.82) is 0 Å². The highest BCUT2D eigenvalue weighted by molar-refractivity contribution is 8.00. The smallest absolute Gasteiger partial charge is 0.318 e. The number of amides is 3. The summed E-state index contributed by atoms with van der Waals surface area (Å²) in [6, 6.07) is -0.881. The van der Waals surface area contributed by atoms with Crippen LogP contribution in [0, 0.1) is 5.92 Å². The number of rotatable bonds is 8. The maximum Gasteiger partial charge on any atom is 0.318 e. The third kappa shape index (κ3) is 5.48. The molecule has 0 saturated carbocycles. The van der Waals surface area contributed by atoms with Gasteiger partial charge in [0.25, 0.3) is 5.56 Å². The minimum atomic E-state index is -0.881. The average molecular weight is 466 g/mol. The standard InChI is InChI=1S/C21H31N5O3S2/c1-12(2)16(17(27)23-20(22)29)31-21-24-18-15(13-8-5-6-9-14(13)30-18)19(28)26(21)11-7-10-25(3)4/h12,16H,5-11H2,1-4H3,(H3,22,23,27,29). The van der Waals surface area contributed by atoms with Gasteiger partial charge in [-0.25, -0.2) is 9.78 Å². The quantitative estimate of drug-likeness (QED) is 0.458. The molecule has 1 aliphatic rings. The summed E-state index contributed by atoms with van der Waals surface area (Å²) in [6.07, 6.45) is 4.94. The molecule has 1 aliphatic carbocycles. The zero-order valence-electron chi connectivity index (χ0n) is 18.6. The lowest BCUT2D eigenvalue weighted by atomic mass is 9.97. The first-order valence-corrected chi connectivity index (χ1v) is 12.4. The Kier molecular flexibility index (Phi) is 7.77. The monoisotopic (exact) mass is 465 g/mol. The van der Waals surface area contributed by atoms with Gasteiger partial charge < -0.3 is 10.6 Å². The predicted octanol–water partition coefficient (Wildman–Crippen LogP) is 2.60. The number of aryl methyl sites for hydroxylation is 2. The minimum absolute atomic E-state index is 0.0246. The number of aromatic nitrogens is 2. The highest BCUT2D eigenvalue weighted by Crippen LogP contribution is 2.36. The molecule has 0 spiro atoms. The first-order valence-electron chi connectivity index (χ1n) is 10.7. The third-order valence-corrected chi connectivity index (χ3v) is 8.09. The van der Waals surface area contributed by atoms with Crippen LogP contribution < -0.4 is 16.6 Å². The number of thiophene rings is 1. The lowest BCUT2D eigenvalue weighted by Crippen LogP contribution is -2.42. The number of hydrogen-bond acceptors (Lipinski definition) is 7. The number of urea groups is 1. The van der Waals surface area contributed by atoms with E-state index in [2.05, 4.69) is 10.2 Å². The number of nitrogens with two attached hydrogens (primary N) is 1. The summed E-state index contributed by atoms with van der Waals surface area (Å²) >= 11 is 2.83. The Labute approximate surface area is 190 Å². The van der Waals surface area contributed by atoms with Gasteiger partial charge in [0.05, 0.1) is 10.6 Å². The second-order valence-electron chi connectivity index (χ2n) is 8.54. The van der Waals surface area contributed by atoms with E-state index in [1.165, 1.54) is 16.6 Å². The molecule has 1 unspecified atom stereocenters. The predicted molar refractivity (Wildman–Crippen MR) is 126 cm³/mol. The molecule has 2 aromatic heterocycles. The lowest BCUT2D eigenvalue weighted by molar-refractivity contribution is -0.120. The van der Waals surface area contributed by atoms with E-state index in [4.69, 9.17) is 10.7 Å². The summed E-state index contributed by atoms with van der Waals surface area (Å²) in [7, 11) is 4.00. The number of primary amides is 1. The van der Waals surface area contributed by atoms with Gasteiger partial charge in [-0.3, -0.25) is 19.5 Å². The van der Waals surface area contributed by atoms with Crippen LogP contribution in [0.1, 0.15) is 43.6 Å².